The number of allylic oxidation sites excluding steroid dienone is 3. The van der Waals surface area contributed by atoms with Crippen LogP contribution in [0, 0.1) is 11.8 Å². The molecular weight excluding hydrogens is 362 g/mol. The Morgan fingerprint density at radius 1 is 1.24 bits per heavy atom. The van der Waals surface area contributed by atoms with E-state index in [2.05, 4.69) is 36.9 Å². The van der Waals surface area contributed by atoms with Gasteiger partial charge in [0.2, 0.25) is 0 Å². The van der Waals surface area contributed by atoms with E-state index < -0.39 is 5.60 Å². The molecule has 0 heterocycles. The Morgan fingerprint density at radius 2 is 1.93 bits per heavy atom. The third-order valence-electron chi connectivity index (χ3n) is 5.13. The first-order valence-corrected chi connectivity index (χ1v) is 10.6. The van der Waals surface area contributed by atoms with E-state index in [4.69, 9.17) is 14.2 Å². The summed E-state index contributed by atoms with van der Waals surface area (Å²) in [6.45, 7) is 16.0. The molecule has 1 atom stereocenters. The average Bonchev–Trinajstić information content (AvgIpc) is 2.66. The molecule has 29 heavy (non-hydrogen) atoms. The van der Waals surface area contributed by atoms with Crippen LogP contribution in [0.4, 0.5) is 0 Å². The van der Waals surface area contributed by atoms with Gasteiger partial charge in [-0.1, -0.05) is 38.5 Å². The zero-order valence-electron chi connectivity index (χ0n) is 19.2. The minimum atomic E-state index is -0.496. The highest BCUT2D eigenvalue weighted by atomic mass is 16.5. The second-order valence-corrected chi connectivity index (χ2v) is 8.09. The van der Waals surface area contributed by atoms with Crippen LogP contribution in [0.5, 0.6) is 0 Å². The van der Waals surface area contributed by atoms with E-state index in [9.17, 15) is 0 Å². The van der Waals surface area contributed by atoms with Crippen LogP contribution in [-0.4, -0.2) is 43.8 Å². The first-order valence-electron chi connectivity index (χ1n) is 10.6. The van der Waals surface area contributed by atoms with Crippen LogP contribution in [0.2, 0.25) is 0 Å². The second-order valence-electron chi connectivity index (χ2n) is 8.09. The number of hydrogen-bond acceptors (Lipinski definition) is 4. The molecule has 1 aliphatic rings. The van der Waals surface area contributed by atoms with E-state index in [1.165, 1.54) is 0 Å². The summed E-state index contributed by atoms with van der Waals surface area (Å²) in [6.07, 6.45) is 10.5. The van der Waals surface area contributed by atoms with Crippen LogP contribution in [0.15, 0.2) is 41.6 Å². The highest BCUT2D eigenvalue weighted by Crippen LogP contribution is 2.29. The molecule has 0 aromatic carbocycles. The molecule has 0 spiro atoms. The fraction of sp³-hybridized carbons (Fsp3) is 0.640. The van der Waals surface area contributed by atoms with Gasteiger partial charge in [0.05, 0.1) is 29.7 Å². The Morgan fingerprint density at radius 3 is 2.48 bits per heavy atom. The summed E-state index contributed by atoms with van der Waals surface area (Å²) in [4.78, 5) is 4.66. The quantitative estimate of drug-likeness (QED) is 0.241. The summed E-state index contributed by atoms with van der Waals surface area (Å²) in [6, 6.07) is 0. The Kier molecular flexibility index (Phi) is 11.2. The van der Waals surface area contributed by atoms with Crippen molar-refractivity contribution in [2.45, 2.75) is 90.1 Å². The molecule has 0 N–H and O–H groups in total. The smallest absolute Gasteiger partial charge is 0.123 e. The van der Waals surface area contributed by atoms with Crippen molar-refractivity contribution in [2.24, 2.45) is 4.99 Å². The van der Waals surface area contributed by atoms with E-state index >= 15 is 0 Å². The zero-order chi connectivity index (χ0) is 21.9. The first-order chi connectivity index (χ1) is 13.7. The Balaban J connectivity index is 2.69. The van der Waals surface area contributed by atoms with Gasteiger partial charge in [-0.25, -0.2) is 4.99 Å². The molecular formula is C25H39NO3. The van der Waals surface area contributed by atoms with Crippen LogP contribution >= 0.6 is 0 Å². The summed E-state index contributed by atoms with van der Waals surface area (Å²) >= 11 is 0. The van der Waals surface area contributed by atoms with Crippen LogP contribution in [0.1, 0.15) is 66.2 Å². The van der Waals surface area contributed by atoms with Crippen molar-refractivity contribution < 1.29 is 14.2 Å². The van der Waals surface area contributed by atoms with Gasteiger partial charge in [-0.2, -0.15) is 0 Å². The first kappa shape index (κ1) is 25.4. The molecule has 0 amide bonds. The van der Waals surface area contributed by atoms with E-state index in [-0.39, 0.29) is 6.10 Å². The number of aliphatic imine (C=N–C) groups is 1. The van der Waals surface area contributed by atoms with E-state index in [0.29, 0.717) is 12.2 Å². The van der Waals surface area contributed by atoms with Gasteiger partial charge in [0, 0.05) is 14.2 Å². The van der Waals surface area contributed by atoms with Crippen LogP contribution in [-0.2, 0) is 14.2 Å². The number of nitrogens with zero attached hydrogens (tertiary/aromatic N) is 1. The van der Waals surface area contributed by atoms with Crippen molar-refractivity contribution >= 4 is 5.71 Å². The lowest BCUT2D eigenvalue weighted by molar-refractivity contribution is -0.118. The van der Waals surface area contributed by atoms with E-state index in [0.717, 1.165) is 55.5 Å². The Labute approximate surface area is 178 Å². The molecule has 4 nitrogen and oxygen atoms in total. The minimum absolute atomic E-state index is 0.247. The maximum Gasteiger partial charge on any atom is 0.123 e. The molecule has 1 aliphatic carbocycles. The lowest BCUT2D eigenvalue weighted by Gasteiger charge is -2.36. The van der Waals surface area contributed by atoms with Gasteiger partial charge in [-0.15, -0.1) is 0 Å². The maximum absolute atomic E-state index is 6.29. The summed E-state index contributed by atoms with van der Waals surface area (Å²) < 4.78 is 17.0. The molecule has 1 rings (SSSR count). The van der Waals surface area contributed by atoms with Crippen LogP contribution in [0.25, 0.3) is 0 Å². The molecule has 0 aromatic rings. The number of ether oxygens (including phenoxy) is 3. The third kappa shape index (κ3) is 9.58. The molecule has 0 aliphatic heterocycles. The van der Waals surface area contributed by atoms with Crippen LogP contribution < -0.4 is 0 Å². The lowest BCUT2D eigenvalue weighted by atomic mass is 9.91. The van der Waals surface area contributed by atoms with E-state index in [1.807, 2.05) is 26.8 Å². The largest absolute Gasteiger partial charge is 0.381 e. The van der Waals surface area contributed by atoms with Crippen molar-refractivity contribution in [1.29, 1.82) is 0 Å². The summed E-state index contributed by atoms with van der Waals surface area (Å²) in [5.41, 5.74) is 2.03. The fourth-order valence-electron chi connectivity index (χ4n) is 3.01. The lowest BCUT2D eigenvalue weighted by Crippen LogP contribution is -2.39. The highest BCUT2D eigenvalue weighted by Gasteiger charge is 2.31. The predicted octanol–water partition coefficient (Wildman–Crippen LogP) is 5.64. The van der Waals surface area contributed by atoms with Crippen molar-refractivity contribution in [2.75, 3.05) is 14.2 Å². The fourth-order valence-corrected chi connectivity index (χ4v) is 3.01. The van der Waals surface area contributed by atoms with Crippen molar-refractivity contribution in [3.63, 3.8) is 0 Å². The Hall–Kier alpha value is -1.67. The third-order valence-corrected chi connectivity index (χ3v) is 5.13. The minimum Gasteiger partial charge on any atom is -0.381 e. The van der Waals surface area contributed by atoms with Gasteiger partial charge in [0.15, 0.2) is 0 Å². The predicted molar refractivity (Wildman–Crippen MR) is 122 cm³/mol. The topological polar surface area (TPSA) is 40.0 Å². The van der Waals surface area contributed by atoms with Gasteiger partial charge in [-0.05, 0) is 70.4 Å². The van der Waals surface area contributed by atoms with Gasteiger partial charge < -0.3 is 14.2 Å². The summed E-state index contributed by atoms with van der Waals surface area (Å²) in [5, 5.41) is 0. The van der Waals surface area contributed by atoms with Crippen molar-refractivity contribution in [3.05, 3.63) is 36.6 Å². The molecule has 0 radical (unpaired) electrons. The van der Waals surface area contributed by atoms with E-state index in [1.54, 1.807) is 20.3 Å². The van der Waals surface area contributed by atoms with Gasteiger partial charge in [0.1, 0.15) is 5.60 Å². The normalized spacial score (nSPS) is 21.0. The molecule has 1 fully saturated rings. The highest BCUT2D eigenvalue weighted by molar-refractivity contribution is 5.99. The summed E-state index contributed by atoms with van der Waals surface area (Å²) in [5.74, 6) is 6.16. The second kappa shape index (κ2) is 12.8. The van der Waals surface area contributed by atoms with Gasteiger partial charge in [0.25, 0.3) is 0 Å². The molecule has 4 heteroatoms. The van der Waals surface area contributed by atoms with Gasteiger partial charge in [-0.3, -0.25) is 0 Å². The number of hydrogen-bond donors (Lipinski definition) is 0. The molecule has 162 valence electrons. The average molecular weight is 402 g/mol. The van der Waals surface area contributed by atoms with Gasteiger partial charge >= 0.3 is 0 Å². The molecule has 0 saturated heterocycles. The standard InChI is InChI=1S/C25H39NO3/c1-9-11-21(29-23-17-22(18-23)27-7)14-13-19(3)24(12-10-2)26-20(4)15-16-25(5,6)28-8/h10,12,21-23H,2-3,9,11,13-14,17-18H2,1,4-8H3/b24-12-,26-20?. The molecule has 1 unspecified atom stereocenters. The molecule has 0 aromatic heterocycles. The number of methoxy groups -OCH3 is 2. The zero-order valence-corrected chi connectivity index (χ0v) is 19.2. The SMILES string of the molecule is C=C/C=C(\N=C(C)C#CC(C)(C)OC)C(=C)CCC(CCC)OC1CC(OC)C1. The van der Waals surface area contributed by atoms with Crippen molar-refractivity contribution in [1.82, 2.24) is 0 Å². The number of rotatable bonds is 12. The summed E-state index contributed by atoms with van der Waals surface area (Å²) in [7, 11) is 3.42. The van der Waals surface area contributed by atoms with Crippen molar-refractivity contribution in [3.8, 4) is 11.8 Å². The molecule has 1 saturated carbocycles. The van der Waals surface area contributed by atoms with Crippen LogP contribution in [0.3, 0.4) is 0 Å². The maximum atomic E-state index is 6.29. The Bertz CT molecular complexity index is 657. The monoisotopic (exact) mass is 401 g/mol. The molecule has 0 bridgehead atoms.